The number of hydrogen-bond donors (Lipinski definition) is 1. The number of carbonyl (C=O) groups is 1. The number of nitrogens with one attached hydrogen (secondary N) is 1. The van der Waals surface area contributed by atoms with Gasteiger partial charge in [-0.25, -0.2) is 0 Å². The average molecular weight is 285 g/mol. The Labute approximate surface area is 123 Å². The molecule has 1 heterocycles. The van der Waals surface area contributed by atoms with Crippen molar-refractivity contribution in [1.29, 1.82) is 0 Å². The number of carbonyl (C=O) groups excluding carboxylic acids is 1. The molecule has 20 heavy (non-hydrogen) atoms. The van der Waals surface area contributed by atoms with Crippen LogP contribution in [0.1, 0.15) is 33.1 Å². The Hall–Kier alpha value is -0.650. The first-order valence-corrected chi connectivity index (χ1v) is 7.87. The minimum absolute atomic E-state index is 0.124. The third-order valence-electron chi connectivity index (χ3n) is 4.02. The Kier molecular flexibility index (Phi) is 8.11. The van der Waals surface area contributed by atoms with E-state index < -0.39 is 0 Å². The summed E-state index contributed by atoms with van der Waals surface area (Å²) in [5.41, 5.74) is 0. The van der Waals surface area contributed by atoms with E-state index in [1.165, 1.54) is 19.4 Å². The van der Waals surface area contributed by atoms with Gasteiger partial charge in [-0.2, -0.15) is 0 Å². The number of nitrogens with zero attached hydrogens (tertiary/aromatic N) is 2. The number of hydrogen-bond acceptors (Lipinski definition) is 5. The lowest BCUT2D eigenvalue weighted by molar-refractivity contribution is -0.145. The molecule has 118 valence electrons. The van der Waals surface area contributed by atoms with E-state index in [9.17, 15) is 4.79 Å². The van der Waals surface area contributed by atoms with Gasteiger partial charge in [0.25, 0.3) is 0 Å². The largest absolute Gasteiger partial charge is 0.465 e. The van der Waals surface area contributed by atoms with E-state index in [1.807, 2.05) is 13.8 Å². The van der Waals surface area contributed by atoms with Crippen LogP contribution in [-0.4, -0.2) is 74.7 Å². The van der Waals surface area contributed by atoms with Crippen LogP contribution in [0.3, 0.4) is 0 Å². The maximum atomic E-state index is 11.8. The van der Waals surface area contributed by atoms with Gasteiger partial charge in [-0.1, -0.05) is 6.92 Å². The monoisotopic (exact) mass is 285 g/mol. The van der Waals surface area contributed by atoms with Crippen LogP contribution in [0.4, 0.5) is 0 Å². The predicted molar refractivity (Wildman–Crippen MR) is 81.9 cm³/mol. The van der Waals surface area contributed by atoms with Crippen LogP contribution >= 0.6 is 0 Å². The van der Waals surface area contributed by atoms with Crippen LogP contribution in [-0.2, 0) is 9.53 Å². The van der Waals surface area contributed by atoms with Crippen molar-refractivity contribution in [2.75, 3.05) is 46.9 Å². The molecule has 1 N–H and O–H groups in total. The smallest absolute Gasteiger partial charge is 0.323 e. The van der Waals surface area contributed by atoms with Gasteiger partial charge in [0, 0.05) is 12.6 Å². The molecule has 0 aromatic heterocycles. The molecule has 2 unspecified atom stereocenters. The van der Waals surface area contributed by atoms with Gasteiger partial charge < -0.3 is 19.9 Å². The Morgan fingerprint density at radius 3 is 2.80 bits per heavy atom. The third kappa shape index (κ3) is 5.77. The average Bonchev–Trinajstić information content (AvgIpc) is 2.80. The van der Waals surface area contributed by atoms with Crippen molar-refractivity contribution >= 4 is 5.97 Å². The SMILES string of the molecule is CCNC(CCN(C)CC1CCCN1C)C(=O)OCC. The second-order valence-electron chi connectivity index (χ2n) is 5.69. The first kappa shape index (κ1) is 17.4. The summed E-state index contributed by atoms with van der Waals surface area (Å²) < 4.78 is 5.11. The Morgan fingerprint density at radius 2 is 2.25 bits per heavy atom. The Balaban J connectivity index is 2.32. The highest BCUT2D eigenvalue weighted by Crippen LogP contribution is 2.15. The molecule has 0 saturated carbocycles. The van der Waals surface area contributed by atoms with Gasteiger partial charge in [0.05, 0.1) is 6.61 Å². The zero-order chi connectivity index (χ0) is 15.0. The topological polar surface area (TPSA) is 44.8 Å². The normalized spacial score (nSPS) is 21.4. The zero-order valence-electron chi connectivity index (χ0n) is 13.5. The summed E-state index contributed by atoms with van der Waals surface area (Å²) in [6.45, 7) is 8.31. The molecule has 0 spiro atoms. The van der Waals surface area contributed by atoms with E-state index in [2.05, 4.69) is 29.2 Å². The van der Waals surface area contributed by atoms with Crippen LogP contribution in [0.15, 0.2) is 0 Å². The van der Waals surface area contributed by atoms with E-state index in [0.29, 0.717) is 12.6 Å². The summed E-state index contributed by atoms with van der Waals surface area (Å²) in [5.74, 6) is -0.124. The van der Waals surface area contributed by atoms with Crippen LogP contribution in [0.25, 0.3) is 0 Å². The van der Waals surface area contributed by atoms with E-state index in [4.69, 9.17) is 4.74 Å². The van der Waals surface area contributed by atoms with E-state index in [0.717, 1.165) is 26.1 Å². The third-order valence-corrected chi connectivity index (χ3v) is 4.02. The van der Waals surface area contributed by atoms with Gasteiger partial charge in [-0.3, -0.25) is 4.79 Å². The number of likely N-dealkylation sites (N-methyl/N-ethyl adjacent to an activating group) is 3. The fourth-order valence-electron chi connectivity index (χ4n) is 2.80. The van der Waals surface area contributed by atoms with Crippen molar-refractivity contribution in [2.24, 2.45) is 0 Å². The summed E-state index contributed by atoms with van der Waals surface area (Å²) in [7, 11) is 4.34. The molecule has 1 aliphatic rings. The van der Waals surface area contributed by atoms with Crippen LogP contribution in [0.5, 0.6) is 0 Å². The molecule has 0 amide bonds. The van der Waals surface area contributed by atoms with Gasteiger partial charge in [0.1, 0.15) is 6.04 Å². The molecule has 0 aliphatic carbocycles. The fourth-order valence-corrected chi connectivity index (χ4v) is 2.80. The number of rotatable bonds is 9. The molecule has 1 saturated heterocycles. The first-order chi connectivity index (χ1) is 9.58. The van der Waals surface area contributed by atoms with Crippen molar-refractivity contribution in [3.63, 3.8) is 0 Å². The molecule has 1 fully saturated rings. The second kappa shape index (κ2) is 9.32. The van der Waals surface area contributed by atoms with Crippen molar-refractivity contribution in [3.05, 3.63) is 0 Å². The van der Waals surface area contributed by atoms with Crippen molar-refractivity contribution < 1.29 is 9.53 Å². The van der Waals surface area contributed by atoms with Gasteiger partial charge in [0.15, 0.2) is 0 Å². The summed E-state index contributed by atoms with van der Waals surface area (Å²) in [5, 5.41) is 3.21. The van der Waals surface area contributed by atoms with Gasteiger partial charge in [-0.15, -0.1) is 0 Å². The molecule has 1 aliphatic heterocycles. The quantitative estimate of drug-likeness (QED) is 0.639. The Bertz CT molecular complexity index is 286. The maximum absolute atomic E-state index is 11.8. The molecule has 0 radical (unpaired) electrons. The van der Waals surface area contributed by atoms with Crippen LogP contribution < -0.4 is 5.32 Å². The summed E-state index contributed by atoms with van der Waals surface area (Å²) >= 11 is 0. The number of ether oxygens (including phenoxy) is 1. The molecule has 0 aromatic rings. The van der Waals surface area contributed by atoms with Crippen molar-refractivity contribution in [1.82, 2.24) is 15.1 Å². The summed E-state index contributed by atoms with van der Waals surface area (Å²) in [6, 6.07) is 0.490. The van der Waals surface area contributed by atoms with E-state index in [1.54, 1.807) is 0 Å². The number of esters is 1. The second-order valence-corrected chi connectivity index (χ2v) is 5.69. The Morgan fingerprint density at radius 1 is 1.50 bits per heavy atom. The highest BCUT2D eigenvalue weighted by molar-refractivity contribution is 5.75. The number of likely N-dealkylation sites (tertiary alicyclic amines) is 1. The van der Waals surface area contributed by atoms with Gasteiger partial charge in [0.2, 0.25) is 0 Å². The van der Waals surface area contributed by atoms with Crippen LogP contribution in [0, 0.1) is 0 Å². The molecule has 0 aromatic carbocycles. The standard InChI is InChI=1S/C15H31N3O2/c1-5-16-14(15(19)20-6-2)9-11-17(3)12-13-8-7-10-18(13)4/h13-14,16H,5-12H2,1-4H3. The zero-order valence-corrected chi connectivity index (χ0v) is 13.5. The molecule has 0 bridgehead atoms. The van der Waals surface area contributed by atoms with Crippen molar-refractivity contribution in [2.45, 2.75) is 45.2 Å². The van der Waals surface area contributed by atoms with E-state index in [-0.39, 0.29) is 12.0 Å². The van der Waals surface area contributed by atoms with Crippen molar-refractivity contribution in [3.8, 4) is 0 Å². The molecule has 5 nitrogen and oxygen atoms in total. The first-order valence-electron chi connectivity index (χ1n) is 7.87. The van der Waals surface area contributed by atoms with Gasteiger partial charge >= 0.3 is 5.97 Å². The van der Waals surface area contributed by atoms with Gasteiger partial charge in [-0.05, 0) is 59.9 Å². The minimum atomic E-state index is -0.177. The lowest BCUT2D eigenvalue weighted by Gasteiger charge is -2.27. The van der Waals surface area contributed by atoms with E-state index >= 15 is 0 Å². The predicted octanol–water partition coefficient (Wildman–Crippen LogP) is 0.944. The molecule has 5 heteroatoms. The lowest BCUT2D eigenvalue weighted by Crippen LogP contribution is -2.42. The highest BCUT2D eigenvalue weighted by Gasteiger charge is 2.23. The minimum Gasteiger partial charge on any atom is -0.465 e. The summed E-state index contributed by atoms with van der Waals surface area (Å²) in [6.07, 6.45) is 3.40. The lowest BCUT2D eigenvalue weighted by atomic mass is 10.1. The molecular formula is C15H31N3O2. The highest BCUT2D eigenvalue weighted by atomic mass is 16.5. The maximum Gasteiger partial charge on any atom is 0.323 e. The summed E-state index contributed by atoms with van der Waals surface area (Å²) in [4.78, 5) is 16.6. The molecule has 1 rings (SSSR count). The fraction of sp³-hybridized carbons (Fsp3) is 0.933. The molecule has 2 atom stereocenters. The van der Waals surface area contributed by atoms with Crippen LogP contribution in [0.2, 0.25) is 0 Å². The molecular weight excluding hydrogens is 254 g/mol.